The average Bonchev–Trinajstić information content (AvgIpc) is 2.83. The Bertz CT molecular complexity index is 831. The Balaban J connectivity index is 0.00000363. The molecule has 0 atom stereocenters. The molecule has 2 aromatic rings. The zero-order chi connectivity index (χ0) is 22.1. The summed E-state index contributed by atoms with van der Waals surface area (Å²) in [4.78, 5) is 2.44. The quantitative estimate of drug-likeness (QED) is 0.372. The van der Waals surface area contributed by atoms with Crippen molar-refractivity contribution in [2.45, 2.75) is 29.8 Å². The van der Waals surface area contributed by atoms with Gasteiger partial charge in [-0.2, -0.15) is 0 Å². The number of likely N-dealkylation sites (N-methyl/N-ethyl adjacent to an activating group) is 1. The van der Waals surface area contributed by atoms with Crippen molar-refractivity contribution in [3.05, 3.63) is 53.6 Å². The number of para-hydroxylation sites is 1. The Morgan fingerprint density at radius 3 is 2.25 bits per heavy atom. The van der Waals surface area contributed by atoms with Crippen LogP contribution in [0.25, 0.3) is 0 Å². The van der Waals surface area contributed by atoms with Crippen LogP contribution in [0.15, 0.2) is 42.5 Å². The highest BCUT2D eigenvalue weighted by Crippen LogP contribution is 2.55. The van der Waals surface area contributed by atoms with Crippen LogP contribution in [0.3, 0.4) is 0 Å². The number of methoxy groups -OCH3 is 3. The van der Waals surface area contributed by atoms with Crippen LogP contribution >= 0.6 is 35.9 Å². The molecule has 0 spiro atoms. The molecule has 0 radical (unpaired) electrons. The van der Waals surface area contributed by atoms with Gasteiger partial charge in [0, 0.05) is 12.1 Å². The summed E-state index contributed by atoms with van der Waals surface area (Å²) in [5.74, 6) is 5.04. The molecule has 0 N–H and O–H groups in total. The van der Waals surface area contributed by atoms with Crippen molar-refractivity contribution in [3.8, 4) is 17.2 Å². The number of hydrogen-bond acceptors (Lipinski definition) is 6. The van der Waals surface area contributed by atoms with Crippen LogP contribution in [0.1, 0.15) is 30.4 Å². The largest absolute Gasteiger partial charge is 0.496 e. The summed E-state index contributed by atoms with van der Waals surface area (Å²) in [6.07, 6.45) is 4.61. The van der Waals surface area contributed by atoms with Crippen molar-refractivity contribution < 1.29 is 14.2 Å². The molecule has 1 saturated heterocycles. The Kier molecular flexibility index (Phi) is 11.4. The predicted molar refractivity (Wildman–Crippen MR) is 141 cm³/mol. The minimum Gasteiger partial charge on any atom is -0.496 e. The molecule has 7 heteroatoms. The summed E-state index contributed by atoms with van der Waals surface area (Å²) < 4.78 is 16.6. The van der Waals surface area contributed by atoms with E-state index in [1.54, 1.807) is 21.3 Å². The third-order valence-electron chi connectivity index (χ3n) is 5.75. The lowest BCUT2D eigenvalue weighted by Gasteiger charge is -2.38. The van der Waals surface area contributed by atoms with Gasteiger partial charge in [0.05, 0.1) is 25.4 Å². The van der Waals surface area contributed by atoms with Crippen molar-refractivity contribution in [1.29, 1.82) is 0 Å². The van der Waals surface area contributed by atoms with Gasteiger partial charge in [-0.1, -0.05) is 24.3 Å². The van der Waals surface area contributed by atoms with Gasteiger partial charge in [-0.05, 0) is 74.5 Å². The van der Waals surface area contributed by atoms with E-state index in [0.29, 0.717) is 0 Å². The van der Waals surface area contributed by atoms with E-state index in [2.05, 4.69) is 71.9 Å². The van der Waals surface area contributed by atoms with Crippen molar-refractivity contribution in [2.75, 3.05) is 53.0 Å². The van der Waals surface area contributed by atoms with Crippen LogP contribution in [0.5, 0.6) is 17.2 Å². The highest BCUT2D eigenvalue weighted by Gasteiger charge is 2.37. The Hall–Kier alpha value is -1.21. The maximum atomic E-state index is 5.72. The first-order chi connectivity index (χ1) is 15.1. The minimum atomic E-state index is 0. The van der Waals surface area contributed by atoms with Gasteiger partial charge in [0.2, 0.25) is 0 Å². The van der Waals surface area contributed by atoms with Crippen LogP contribution in [-0.2, 0) is 10.5 Å². The van der Waals surface area contributed by atoms with Gasteiger partial charge in [0.1, 0.15) is 5.75 Å². The SMILES string of the molecule is COc1ccc(CCN(C)CCCC2(c3ccccc3OC)SCCCS2)cc1OC.Cl. The van der Waals surface area contributed by atoms with Crippen LogP contribution in [0.2, 0.25) is 0 Å². The van der Waals surface area contributed by atoms with Gasteiger partial charge in [0.15, 0.2) is 11.5 Å². The zero-order valence-electron chi connectivity index (χ0n) is 19.6. The van der Waals surface area contributed by atoms with Gasteiger partial charge in [-0.3, -0.25) is 0 Å². The monoisotopic (exact) mass is 497 g/mol. The molecular formula is C25H36ClNO3S2. The normalized spacial score (nSPS) is 15.2. The highest BCUT2D eigenvalue weighted by atomic mass is 35.5. The molecule has 2 aromatic carbocycles. The van der Waals surface area contributed by atoms with Gasteiger partial charge in [-0.15, -0.1) is 35.9 Å². The Labute approximate surface area is 208 Å². The van der Waals surface area contributed by atoms with Gasteiger partial charge >= 0.3 is 0 Å². The van der Waals surface area contributed by atoms with E-state index in [1.165, 1.54) is 35.5 Å². The van der Waals surface area contributed by atoms with E-state index in [1.807, 2.05) is 6.07 Å². The number of thioether (sulfide) groups is 2. The van der Waals surface area contributed by atoms with Gasteiger partial charge in [-0.25, -0.2) is 0 Å². The highest BCUT2D eigenvalue weighted by molar-refractivity contribution is 8.18. The molecule has 32 heavy (non-hydrogen) atoms. The molecule has 0 unspecified atom stereocenters. The number of benzene rings is 2. The third kappa shape index (κ3) is 6.89. The second kappa shape index (κ2) is 13.5. The van der Waals surface area contributed by atoms with E-state index in [-0.39, 0.29) is 16.5 Å². The maximum absolute atomic E-state index is 5.72. The molecule has 4 nitrogen and oxygen atoms in total. The van der Waals surface area contributed by atoms with E-state index < -0.39 is 0 Å². The van der Waals surface area contributed by atoms with E-state index >= 15 is 0 Å². The molecular weight excluding hydrogens is 462 g/mol. The Morgan fingerprint density at radius 1 is 0.875 bits per heavy atom. The average molecular weight is 498 g/mol. The number of nitrogens with zero attached hydrogens (tertiary/aromatic N) is 1. The predicted octanol–water partition coefficient (Wildman–Crippen LogP) is 6.11. The number of halogens is 1. The van der Waals surface area contributed by atoms with Crippen molar-refractivity contribution in [1.82, 2.24) is 4.90 Å². The summed E-state index contributed by atoms with van der Waals surface area (Å²) in [7, 11) is 7.36. The lowest BCUT2D eigenvalue weighted by molar-refractivity contribution is 0.326. The summed E-state index contributed by atoms with van der Waals surface area (Å²) in [5.41, 5.74) is 2.62. The van der Waals surface area contributed by atoms with Gasteiger partial charge in [0.25, 0.3) is 0 Å². The first kappa shape index (κ1) is 27.0. The van der Waals surface area contributed by atoms with Crippen molar-refractivity contribution in [2.24, 2.45) is 0 Å². The molecule has 0 amide bonds. The Morgan fingerprint density at radius 2 is 1.56 bits per heavy atom. The molecule has 1 heterocycles. The fraction of sp³-hybridized carbons (Fsp3) is 0.520. The van der Waals surface area contributed by atoms with Gasteiger partial charge < -0.3 is 19.1 Å². The van der Waals surface area contributed by atoms with Crippen LogP contribution in [0, 0.1) is 0 Å². The van der Waals surface area contributed by atoms with Crippen LogP contribution in [-0.4, -0.2) is 57.9 Å². The van der Waals surface area contributed by atoms with Crippen molar-refractivity contribution >= 4 is 35.9 Å². The number of ether oxygens (including phenoxy) is 3. The minimum absolute atomic E-state index is 0. The first-order valence-corrected chi connectivity index (χ1v) is 12.9. The topological polar surface area (TPSA) is 30.9 Å². The zero-order valence-corrected chi connectivity index (χ0v) is 22.0. The molecule has 0 aliphatic carbocycles. The molecule has 178 valence electrons. The number of rotatable bonds is 11. The summed E-state index contributed by atoms with van der Waals surface area (Å²) >= 11 is 4.20. The fourth-order valence-corrected chi connectivity index (χ4v) is 7.50. The third-order valence-corrected chi connectivity index (χ3v) is 9.23. The fourth-order valence-electron chi connectivity index (χ4n) is 4.02. The molecule has 1 aliphatic heterocycles. The second-order valence-electron chi connectivity index (χ2n) is 7.85. The maximum Gasteiger partial charge on any atom is 0.160 e. The van der Waals surface area contributed by atoms with Crippen LogP contribution in [0.4, 0.5) is 0 Å². The molecule has 3 rings (SSSR count). The molecule has 0 aromatic heterocycles. The summed E-state index contributed by atoms with van der Waals surface area (Å²) in [6.45, 7) is 2.11. The van der Waals surface area contributed by atoms with E-state index in [9.17, 15) is 0 Å². The first-order valence-electron chi connectivity index (χ1n) is 10.9. The van der Waals surface area contributed by atoms with Crippen molar-refractivity contribution in [3.63, 3.8) is 0 Å². The summed E-state index contributed by atoms with van der Waals surface area (Å²) in [5, 5.41) is 0. The van der Waals surface area contributed by atoms with Crippen LogP contribution < -0.4 is 14.2 Å². The smallest absolute Gasteiger partial charge is 0.160 e. The molecule has 1 fully saturated rings. The number of hydrogen-bond donors (Lipinski definition) is 0. The van der Waals surface area contributed by atoms with E-state index in [0.717, 1.165) is 43.2 Å². The standard InChI is InChI=1S/C25H35NO3S2.ClH/c1-26(16-13-20-11-12-23(28-3)24(19-20)29-4)15-7-14-25(30-17-8-18-31-25)21-9-5-6-10-22(21)27-2;/h5-6,9-12,19H,7-8,13-18H2,1-4H3;1H. The molecule has 1 aliphatic rings. The van der Waals surface area contributed by atoms with E-state index in [4.69, 9.17) is 14.2 Å². The molecule has 0 bridgehead atoms. The lowest BCUT2D eigenvalue weighted by atomic mass is 10.1. The molecule has 0 saturated carbocycles. The summed E-state index contributed by atoms with van der Waals surface area (Å²) in [6, 6.07) is 14.8. The lowest BCUT2D eigenvalue weighted by Crippen LogP contribution is -2.27. The second-order valence-corrected chi connectivity index (χ2v) is 10.9.